The minimum atomic E-state index is 0.116. The van der Waals surface area contributed by atoms with Gasteiger partial charge in [-0.15, -0.1) is 0 Å². The average molecular weight is 300 g/mol. The molecule has 2 heterocycles. The molecule has 21 heavy (non-hydrogen) atoms. The SMILES string of the molecule is Clc1ccccc1C1(CC2Cc3ccccc3O2)CNC1. The molecule has 2 aromatic rings. The van der Waals surface area contributed by atoms with Gasteiger partial charge < -0.3 is 10.1 Å². The topological polar surface area (TPSA) is 21.3 Å². The highest BCUT2D eigenvalue weighted by Gasteiger charge is 2.43. The van der Waals surface area contributed by atoms with Gasteiger partial charge in [0.1, 0.15) is 11.9 Å². The molecule has 1 fully saturated rings. The molecule has 1 unspecified atom stereocenters. The Kier molecular flexibility index (Phi) is 3.16. The van der Waals surface area contributed by atoms with Gasteiger partial charge in [0, 0.05) is 29.9 Å². The van der Waals surface area contributed by atoms with E-state index in [9.17, 15) is 0 Å². The molecule has 0 radical (unpaired) electrons. The molecule has 1 saturated heterocycles. The summed E-state index contributed by atoms with van der Waals surface area (Å²) in [6, 6.07) is 16.6. The van der Waals surface area contributed by atoms with Crippen molar-refractivity contribution in [3.63, 3.8) is 0 Å². The maximum atomic E-state index is 6.43. The summed E-state index contributed by atoms with van der Waals surface area (Å²) in [6.45, 7) is 1.96. The van der Waals surface area contributed by atoms with Gasteiger partial charge in [-0.3, -0.25) is 0 Å². The Balaban J connectivity index is 1.58. The quantitative estimate of drug-likeness (QED) is 0.935. The van der Waals surface area contributed by atoms with Crippen molar-refractivity contribution in [3.05, 3.63) is 64.7 Å². The monoisotopic (exact) mass is 299 g/mol. The van der Waals surface area contributed by atoms with E-state index >= 15 is 0 Å². The molecule has 0 aliphatic carbocycles. The van der Waals surface area contributed by atoms with Crippen molar-refractivity contribution in [1.82, 2.24) is 5.32 Å². The molecule has 2 aromatic carbocycles. The van der Waals surface area contributed by atoms with Gasteiger partial charge in [0.25, 0.3) is 0 Å². The zero-order valence-corrected chi connectivity index (χ0v) is 12.6. The van der Waals surface area contributed by atoms with Crippen LogP contribution in [0.3, 0.4) is 0 Å². The van der Waals surface area contributed by atoms with Crippen molar-refractivity contribution >= 4 is 11.6 Å². The average Bonchev–Trinajstić information content (AvgIpc) is 2.86. The minimum absolute atomic E-state index is 0.116. The van der Waals surface area contributed by atoms with Gasteiger partial charge in [-0.1, -0.05) is 48.0 Å². The molecule has 0 bridgehead atoms. The summed E-state index contributed by atoms with van der Waals surface area (Å²) in [7, 11) is 0. The number of fused-ring (bicyclic) bond motifs is 1. The first kappa shape index (κ1) is 13.2. The van der Waals surface area contributed by atoms with Crippen LogP contribution in [0.15, 0.2) is 48.5 Å². The van der Waals surface area contributed by atoms with Gasteiger partial charge in [-0.25, -0.2) is 0 Å². The summed E-state index contributed by atoms with van der Waals surface area (Å²) in [6.07, 6.45) is 2.27. The van der Waals surface area contributed by atoms with Gasteiger partial charge in [-0.05, 0) is 29.7 Å². The predicted octanol–water partition coefficient (Wildman–Crippen LogP) is 3.57. The smallest absolute Gasteiger partial charge is 0.123 e. The van der Waals surface area contributed by atoms with Crippen LogP contribution < -0.4 is 10.1 Å². The third-order valence-electron chi connectivity index (χ3n) is 4.70. The van der Waals surface area contributed by atoms with Crippen LogP contribution in [0.2, 0.25) is 5.02 Å². The van der Waals surface area contributed by atoms with Crippen molar-refractivity contribution < 1.29 is 4.74 Å². The van der Waals surface area contributed by atoms with E-state index in [4.69, 9.17) is 16.3 Å². The van der Waals surface area contributed by atoms with Gasteiger partial charge in [0.05, 0.1) is 0 Å². The molecule has 4 rings (SSSR count). The lowest BCUT2D eigenvalue weighted by Gasteiger charge is -2.45. The van der Waals surface area contributed by atoms with E-state index in [1.165, 1.54) is 11.1 Å². The Morgan fingerprint density at radius 3 is 2.57 bits per heavy atom. The highest BCUT2D eigenvalue weighted by Crippen LogP contribution is 2.41. The molecule has 0 amide bonds. The first-order valence-electron chi connectivity index (χ1n) is 7.47. The van der Waals surface area contributed by atoms with E-state index in [0.717, 1.165) is 36.7 Å². The molecule has 2 aliphatic rings. The van der Waals surface area contributed by atoms with Crippen molar-refractivity contribution in [3.8, 4) is 5.75 Å². The van der Waals surface area contributed by atoms with Gasteiger partial charge >= 0.3 is 0 Å². The molecule has 108 valence electrons. The highest BCUT2D eigenvalue weighted by atomic mass is 35.5. The number of nitrogens with one attached hydrogen (secondary N) is 1. The number of halogens is 1. The Morgan fingerprint density at radius 2 is 1.86 bits per heavy atom. The number of hydrogen-bond acceptors (Lipinski definition) is 2. The fourth-order valence-corrected chi connectivity index (χ4v) is 3.90. The van der Waals surface area contributed by atoms with Crippen LogP contribution in [0.4, 0.5) is 0 Å². The van der Waals surface area contributed by atoms with Crippen molar-refractivity contribution in [2.75, 3.05) is 13.1 Å². The van der Waals surface area contributed by atoms with E-state index < -0.39 is 0 Å². The molecule has 1 N–H and O–H groups in total. The normalized spacial score (nSPS) is 22.2. The van der Waals surface area contributed by atoms with Crippen LogP contribution in [0.5, 0.6) is 5.75 Å². The van der Waals surface area contributed by atoms with Gasteiger partial charge in [0.15, 0.2) is 0 Å². The Hall–Kier alpha value is -1.51. The largest absolute Gasteiger partial charge is 0.490 e. The molecular formula is C18H18ClNO. The highest BCUT2D eigenvalue weighted by molar-refractivity contribution is 6.31. The van der Waals surface area contributed by atoms with Crippen molar-refractivity contribution in [2.45, 2.75) is 24.4 Å². The number of rotatable bonds is 3. The van der Waals surface area contributed by atoms with Crippen LogP contribution in [0.25, 0.3) is 0 Å². The number of benzene rings is 2. The molecule has 1 atom stereocenters. The van der Waals surface area contributed by atoms with Crippen LogP contribution >= 0.6 is 11.6 Å². The molecule has 2 aliphatic heterocycles. The Bertz CT molecular complexity index is 641. The first-order valence-corrected chi connectivity index (χ1v) is 7.85. The second-order valence-corrected chi connectivity index (χ2v) is 6.53. The van der Waals surface area contributed by atoms with E-state index in [1.54, 1.807) is 0 Å². The molecule has 2 nitrogen and oxygen atoms in total. The van der Waals surface area contributed by atoms with E-state index in [0.29, 0.717) is 0 Å². The van der Waals surface area contributed by atoms with Gasteiger partial charge in [0.2, 0.25) is 0 Å². The summed E-state index contributed by atoms with van der Waals surface area (Å²) in [5.41, 5.74) is 2.69. The van der Waals surface area contributed by atoms with E-state index in [1.807, 2.05) is 18.2 Å². The second-order valence-electron chi connectivity index (χ2n) is 6.12. The summed E-state index contributed by atoms with van der Waals surface area (Å²) in [4.78, 5) is 0. The standard InChI is InChI=1S/C18H18ClNO/c19-16-7-3-2-6-15(16)18(11-20-12-18)10-14-9-13-5-1-4-8-17(13)21-14/h1-8,14,20H,9-12H2. The lowest BCUT2D eigenvalue weighted by molar-refractivity contribution is 0.143. The summed E-state index contributed by atoms with van der Waals surface area (Å²) in [5.74, 6) is 1.05. The molecule has 0 saturated carbocycles. The van der Waals surface area contributed by atoms with E-state index in [2.05, 4.69) is 35.6 Å². The fraction of sp³-hybridized carbons (Fsp3) is 0.333. The van der Waals surface area contributed by atoms with Crippen LogP contribution in [-0.2, 0) is 11.8 Å². The third-order valence-corrected chi connectivity index (χ3v) is 5.03. The lowest BCUT2D eigenvalue weighted by atomic mass is 9.71. The summed E-state index contributed by atoms with van der Waals surface area (Å²) >= 11 is 6.43. The lowest BCUT2D eigenvalue weighted by Crippen LogP contribution is -2.58. The summed E-state index contributed by atoms with van der Waals surface area (Å²) in [5, 5.41) is 4.28. The molecule has 0 aromatic heterocycles. The Morgan fingerprint density at radius 1 is 1.10 bits per heavy atom. The first-order chi connectivity index (χ1) is 10.3. The zero-order chi connectivity index (χ0) is 14.3. The maximum Gasteiger partial charge on any atom is 0.123 e. The number of hydrogen-bond donors (Lipinski definition) is 1. The molecule has 0 spiro atoms. The van der Waals surface area contributed by atoms with Crippen LogP contribution in [0, 0.1) is 0 Å². The van der Waals surface area contributed by atoms with Crippen molar-refractivity contribution in [2.24, 2.45) is 0 Å². The van der Waals surface area contributed by atoms with Crippen molar-refractivity contribution in [1.29, 1.82) is 0 Å². The van der Waals surface area contributed by atoms with Crippen LogP contribution in [0.1, 0.15) is 17.5 Å². The van der Waals surface area contributed by atoms with E-state index in [-0.39, 0.29) is 11.5 Å². The fourth-order valence-electron chi connectivity index (χ4n) is 3.57. The minimum Gasteiger partial charge on any atom is -0.490 e. The third kappa shape index (κ3) is 2.23. The Labute approximate surface area is 130 Å². The maximum absolute atomic E-state index is 6.43. The summed E-state index contributed by atoms with van der Waals surface area (Å²) < 4.78 is 6.13. The zero-order valence-electron chi connectivity index (χ0n) is 11.8. The molecular weight excluding hydrogens is 282 g/mol. The second kappa shape index (κ2) is 5.04. The number of ether oxygens (including phenoxy) is 1. The predicted molar refractivity (Wildman–Crippen MR) is 85.2 cm³/mol. The van der Waals surface area contributed by atoms with Gasteiger partial charge in [-0.2, -0.15) is 0 Å². The molecule has 3 heteroatoms. The van der Waals surface area contributed by atoms with Crippen LogP contribution in [-0.4, -0.2) is 19.2 Å². The number of para-hydroxylation sites is 1.